The van der Waals surface area contributed by atoms with Gasteiger partial charge in [0.25, 0.3) is 0 Å². The molecule has 4 nitrogen and oxygen atoms in total. The van der Waals surface area contributed by atoms with Gasteiger partial charge in [-0.05, 0) is 13.3 Å². The molecule has 1 aromatic carbocycles. The average Bonchev–Trinajstić information content (AvgIpc) is 2.99. The number of fused-ring (bicyclic) bond motifs is 1. The van der Waals surface area contributed by atoms with Crippen LogP contribution in [0.1, 0.15) is 23.9 Å². The van der Waals surface area contributed by atoms with Gasteiger partial charge in [0.15, 0.2) is 4.96 Å². The van der Waals surface area contributed by atoms with Crippen LogP contribution >= 0.6 is 11.3 Å². The molecular formula is C16H16N2O2S. The lowest BCUT2D eigenvalue weighted by Crippen LogP contribution is -2.04. The summed E-state index contributed by atoms with van der Waals surface area (Å²) >= 11 is 1.49. The van der Waals surface area contributed by atoms with Crippen molar-refractivity contribution in [1.82, 2.24) is 9.38 Å². The largest absolute Gasteiger partial charge is 0.481 e. The first-order valence-electron chi connectivity index (χ1n) is 6.86. The van der Waals surface area contributed by atoms with Crippen LogP contribution in [-0.4, -0.2) is 20.5 Å². The standard InChI is InChI=1S/C16H16N2O2S/c1-3-13-15(11-6-4-10(2)5-7-11)17-16-18(13)12(9-21-16)8-14(19)20/h4-7,9H,3,8H2,1-2H3,(H,19,20). The second-order valence-electron chi connectivity index (χ2n) is 5.04. The molecule has 0 saturated carbocycles. The van der Waals surface area contributed by atoms with Gasteiger partial charge in [-0.1, -0.05) is 36.8 Å². The Bertz CT molecular complexity index is 800. The van der Waals surface area contributed by atoms with Crippen LogP contribution in [0, 0.1) is 6.92 Å². The van der Waals surface area contributed by atoms with Crippen LogP contribution in [0.2, 0.25) is 0 Å². The highest BCUT2D eigenvalue weighted by Crippen LogP contribution is 2.29. The zero-order valence-electron chi connectivity index (χ0n) is 12.0. The Balaban J connectivity index is 2.18. The zero-order valence-corrected chi connectivity index (χ0v) is 12.8. The Hall–Kier alpha value is -2.14. The van der Waals surface area contributed by atoms with Gasteiger partial charge in [-0.2, -0.15) is 0 Å². The first kappa shape index (κ1) is 13.8. The Morgan fingerprint density at radius 2 is 2.05 bits per heavy atom. The number of hydrogen-bond acceptors (Lipinski definition) is 3. The maximum absolute atomic E-state index is 11.0. The molecule has 1 N–H and O–H groups in total. The van der Waals surface area contributed by atoms with E-state index in [0.29, 0.717) is 0 Å². The quantitative estimate of drug-likeness (QED) is 0.801. The molecule has 3 aromatic rings. The third-order valence-corrected chi connectivity index (χ3v) is 4.40. The molecule has 0 bridgehead atoms. The number of rotatable bonds is 4. The molecule has 21 heavy (non-hydrogen) atoms. The molecule has 0 fully saturated rings. The second kappa shape index (κ2) is 5.33. The van der Waals surface area contributed by atoms with E-state index in [0.717, 1.165) is 34.0 Å². The average molecular weight is 300 g/mol. The monoisotopic (exact) mass is 300 g/mol. The van der Waals surface area contributed by atoms with Gasteiger partial charge in [0.1, 0.15) is 0 Å². The molecule has 0 unspecified atom stereocenters. The fourth-order valence-electron chi connectivity index (χ4n) is 2.52. The maximum atomic E-state index is 11.0. The summed E-state index contributed by atoms with van der Waals surface area (Å²) in [5.41, 5.74) is 5.12. The van der Waals surface area contributed by atoms with Gasteiger partial charge in [0.05, 0.1) is 17.8 Å². The Morgan fingerprint density at radius 1 is 1.33 bits per heavy atom. The van der Waals surface area contributed by atoms with Gasteiger partial charge >= 0.3 is 5.97 Å². The number of carbonyl (C=O) groups is 1. The fourth-order valence-corrected chi connectivity index (χ4v) is 3.43. The minimum Gasteiger partial charge on any atom is -0.481 e. The van der Waals surface area contributed by atoms with Gasteiger partial charge in [-0.15, -0.1) is 11.3 Å². The molecule has 108 valence electrons. The third-order valence-electron chi connectivity index (χ3n) is 3.52. The molecule has 0 atom stereocenters. The molecule has 0 amide bonds. The number of carboxylic acids is 1. The van der Waals surface area contributed by atoms with E-state index in [9.17, 15) is 4.79 Å². The minimum absolute atomic E-state index is 0.0245. The van der Waals surface area contributed by atoms with Crippen molar-refractivity contribution < 1.29 is 9.90 Å². The van der Waals surface area contributed by atoms with Gasteiger partial charge in [0, 0.05) is 16.6 Å². The summed E-state index contributed by atoms with van der Waals surface area (Å²) in [6.45, 7) is 4.13. The number of aromatic nitrogens is 2. The lowest BCUT2D eigenvalue weighted by molar-refractivity contribution is -0.136. The number of thiazole rings is 1. The molecule has 0 aliphatic rings. The van der Waals surface area contributed by atoms with Gasteiger partial charge < -0.3 is 5.11 Å². The summed E-state index contributed by atoms with van der Waals surface area (Å²) in [5, 5.41) is 10.9. The van der Waals surface area contributed by atoms with E-state index < -0.39 is 5.97 Å². The Morgan fingerprint density at radius 3 is 2.67 bits per heavy atom. The van der Waals surface area contributed by atoms with E-state index in [2.05, 4.69) is 38.1 Å². The second-order valence-corrected chi connectivity index (χ2v) is 5.88. The van der Waals surface area contributed by atoms with Crippen LogP contribution in [-0.2, 0) is 17.6 Å². The number of carboxylic acid groups (broad SMARTS) is 1. The van der Waals surface area contributed by atoms with Crippen LogP contribution in [0.3, 0.4) is 0 Å². The molecule has 0 spiro atoms. The highest BCUT2D eigenvalue weighted by Gasteiger charge is 2.17. The smallest absolute Gasteiger partial charge is 0.309 e. The SMILES string of the molecule is CCc1c(-c2ccc(C)cc2)nc2scc(CC(=O)O)n12. The molecule has 0 saturated heterocycles. The summed E-state index contributed by atoms with van der Waals surface area (Å²) in [4.78, 5) is 16.6. The third kappa shape index (κ3) is 2.45. The fraction of sp³-hybridized carbons (Fsp3) is 0.250. The van der Waals surface area contributed by atoms with Gasteiger partial charge in [0.2, 0.25) is 0 Å². The molecule has 0 aliphatic heterocycles. The van der Waals surface area contributed by atoms with Gasteiger partial charge in [-0.3, -0.25) is 9.20 Å². The van der Waals surface area contributed by atoms with E-state index in [1.54, 1.807) is 0 Å². The van der Waals surface area contributed by atoms with E-state index in [1.165, 1.54) is 16.9 Å². The van der Waals surface area contributed by atoms with Crippen LogP contribution in [0.15, 0.2) is 29.6 Å². The molecule has 0 aliphatic carbocycles. The van der Waals surface area contributed by atoms with Crippen LogP contribution in [0.4, 0.5) is 0 Å². The van der Waals surface area contributed by atoms with Crippen LogP contribution in [0.25, 0.3) is 16.2 Å². The van der Waals surface area contributed by atoms with E-state index in [-0.39, 0.29) is 6.42 Å². The number of imidazole rings is 1. The lowest BCUT2D eigenvalue weighted by atomic mass is 10.1. The highest BCUT2D eigenvalue weighted by atomic mass is 32.1. The Labute approximate surface area is 126 Å². The summed E-state index contributed by atoms with van der Waals surface area (Å²) in [7, 11) is 0. The maximum Gasteiger partial charge on any atom is 0.309 e. The van der Waals surface area contributed by atoms with Crippen molar-refractivity contribution in [3.05, 3.63) is 46.6 Å². The first-order chi connectivity index (χ1) is 10.1. The summed E-state index contributed by atoms with van der Waals surface area (Å²) in [5.74, 6) is -0.817. The van der Waals surface area contributed by atoms with Crippen molar-refractivity contribution in [2.45, 2.75) is 26.7 Å². The molecule has 3 rings (SSSR count). The van der Waals surface area contributed by atoms with E-state index >= 15 is 0 Å². The number of nitrogens with zero attached hydrogens (tertiary/aromatic N) is 2. The molecule has 5 heteroatoms. The van der Waals surface area contributed by atoms with Gasteiger partial charge in [-0.25, -0.2) is 4.98 Å². The van der Waals surface area contributed by atoms with Crippen LogP contribution in [0.5, 0.6) is 0 Å². The zero-order chi connectivity index (χ0) is 15.0. The van der Waals surface area contributed by atoms with Crippen LogP contribution < -0.4 is 0 Å². The molecule has 2 aromatic heterocycles. The van der Waals surface area contributed by atoms with Crippen molar-refractivity contribution in [3.63, 3.8) is 0 Å². The highest BCUT2D eigenvalue weighted by molar-refractivity contribution is 7.15. The first-order valence-corrected chi connectivity index (χ1v) is 7.74. The number of hydrogen-bond donors (Lipinski definition) is 1. The Kier molecular flexibility index (Phi) is 3.51. The molecule has 0 radical (unpaired) electrons. The topological polar surface area (TPSA) is 54.6 Å². The number of aryl methyl sites for hydroxylation is 2. The summed E-state index contributed by atoms with van der Waals surface area (Å²) < 4.78 is 1.99. The summed E-state index contributed by atoms with van der Waals surface area (Å²) in [6.07, 6.45) is 0.838. The van der Waals surface area contributed by atoms with Crippen molar-refractivity contribution in [1.29, 1.82) is 0 Å². The van der Waals surface area contributed by atoms with Crippen molar-refractivity contribution in [3.8, 4) is 11.3 Å². The van der Waals surface area contributed by atoms with Crippen molar-refractivity contribution in [2.75, 3.05) is 0 Å². The van der Waals surface area contributed by atoms with E-state index in [4.69, 9.17) is 10.1 Å². The minimum atomic E-state index is -0.817. The lowest BCUT2D eigenvalue weighted by Gasteiger charge is -2.04. The molecule has 2 heterocycles. The molecular weight excluding hydrogens is 284 g/mol. The number of aliphatic carboxylic acids is 1. The number of benzene rings is 1. The van der Waals surface area contributed by atoms with Crippen molar-refractivity contribution >= 4 is 22.3 Å². The predicted molar refractivity (Wildman–Crippen MR) is 84.0 cm³/mol. The van der Waals surface area contributed by atoms with Crippen molar-refractivity contribution in [2.24, 2.45) is 0 Å². The normalized spacial score (nSPS) is 11.1. The predicted octanol–water partition coefficient (Wildman–Crippen LogP) is 3.56. The summed E-state index contributed by atoms with van der Waals surface area (Å²) in [6, 6.07) is 8.27. The van der Waals surface area contributed by atoms with E-state index in [1.807, 2.05) is 9.78 Å².